The molecule has 1 amide bonds. The molecule has 0 saturated carbocycles. The lowest BCUT2D eigenvalue weighted by molar-refractivity contribution is 0.103. The Morgan fingerprint density at radius 2 is 2.04 bits per heavy atom. The number of carbonyl (C=O) groups excluding carboxylic acids is 1. The molecule has 1 heterocycles. The number of ether oxygens (including phenoxy) is 1. The highest BCUT2D eigenvalue weighted by molar-refractivity contribution is 7.14. The Morgan fingerprint density at radius 1 is 1.28 bits per heavy atom. The van der Waals surface area contributed by atoms with E-state index in [4.69, 9.17) is 4.74 Å². The normalized spacial score (nSPS) is 17.1. The van der Waals surface area contributed by atoms with Crippen molar-refractivity contribution in [2.24, 2.45) is 5.92 Å². The van der Waals surface area contributed by atoms with Crippen molar-refractivity contribution >= 4 is 22.9 Å². The van der Waals surface area contributed by atoms with Crippen LogP contribution in [0.2, 0.25) is 0 Å². The van der Waals surface area contributed by atoms with E-state index in [0.29, 0.717) is 11.7 Å². The summed E-state index contributed by atoms with van der Waals surface area (Å²) in [4.78, 5) is 15.0. The average Bonchev–Trinajstić information content (AvgIpc) is 2.97. The molecule has 1 atom stereocenters. The first-order chi connectivity index (χ1) is 11.8. The minimum atomic E-state index is -0.0450. The topological polar surface area (TPSA) is 38.3 Å². The van der Waals surface area contributed by atoms with Crippen molar-refractivity contribution in [3.05, 3.63) is 45.1 Å². The minimum Gasteiger partial charge on any atom is -0.495 e. The molecule has 1 aliphatic carbocycles. The number of amides is 1. The first-order valence-corrected chi connectivity index (χ1v) is 9.71. The van der Waals surface area contributed by atoms with Gasteiger partial charge in [-0.25, -0.2) is 0 Å². The third kappa shape index (κ3) is 3.90. The number of benzene rings is 1. The van der Waals surface area contributed by atoms with Crippen LogP contribution in [0.15, 0.2) is 24.3 Å². The zero-order valence-corrected chi connectivity index (χ0v) is 16.5. The molecule has 0 spiro atoms. The molecule has 1 aromatic heterocycles. The van der Waals surface area contributed by atoms with Crippen molar-refractivity contribution in [2.75, 3.05) is 12.4 Å². The van der Waals surface area contributed by atoms with Gasteiger partial charge in [-0.05, 0) is 59.9 Å². The van der Waals surface area contributed by atoms with E-state index in [1.807, 2.05) is 12.1 Å². The van der Waals surface area contributed by atoms with Gasteiger partial charge < -0.3 is 10.1 Å². The van der Waals surface area contributed by atoms with Crippen LogP contribution in [-0.2, 0) is 18.3 Å². The van der Waals surface area contributed by atoms with Crippen molar-refractivity contribution in [1.29, 1.82) is 0 Å². The largest absolute Gasteiger partial charge is 0.495 e. The number of fused-ring (bicyclic) bond motifs is 1. The van der Waals surface area contributed by atoms with Crippen LogP contribution >= 0.6 is 11.3 Å². The number of methoxy groups -OCH3 is 1. The summed E-state index contributed by atoms with van der Waals surface area (Å²) in [7, 11) is 1.63. The van der Waals surface area contributed by atoms with Crippen LogP contribution in [0, 0.1) is 5.92 Å². The third-order valence-corrected chi connectivity index (χ3v) is 6.10. The lowest BCUT2D eigenvalue weighted by Crippen LogP contribution is -2.15. The van der Waals surface area contributed by atoms with Crippen molar-refractivity contribution in [2.45, 2.75) is 52.4 Å². The lowest BCUT2D eigenvalue weighted by atomic mass is 9.87. The van der Waals surface area contributed by atoms with Crippen molar-refractivity contribution in [3.8, 4) is 5.75 Å². The maximum absolute atomic E-state index is 12.8. The van der Waals surface area contributed by atoms with Gasteiger partial charge in [-0.3, -0.25) is 4.79 Å². The van der Waals surface area contributed by atoms with Crippen molar-refractivity contribution in [3.63, 3.8) is 0 Å². The molecule has 1 N–H and O–H groups in total. The molecule has 0 radical (unpaired) electrons. The van der Waals surface area contributed by atoms with E-state index in [0.717, 1.165) is 23.4 Å². The molecule has 3 nitrogen and oxygen atoms in total. The Balaban J connectivity index is 1.85. The molecule has 1 aliphatic rings. The molecular weight excluding hydrogens is 330 g/mol. The molecule has 2 aromatic rings. The SMILES string of the molecule is COc1ccc(C(C)(C)C)cc1NC(=O)c1cc2c(s1)CC[C@H](C)C2. The van der Waals surface area contributed by atoms with Crippen LogP contribution in [0.1, 0.15) is 59.8 Å². The monoisotopic (exact) mass is 357 g/mol. The summed E-state index contributed by atoms with van der Waals surface area (Å²) in [6, 6.07) is 8.08. The number of hydrogen-bond donors (Lipinski definition) is 1. The molecule has 0 fully saturated rings. The summed E-state index contributed by atoms with van der Waals surface area (Å²) >= 11 is 1.64. The Morgan fingerprint density at radius 3 is 2.72 bits per heavy atom. The number of anilines is 1. The molecule has 0 unspecified atom stereocenters. The van der Waals surface area contributed by atoms with E-state index in [1.165, 1.54) is 22.4 Å². The summed E-state index contributed by atoms with van der Waals surface area (Å²) in [5.74, 6) is 1.36. The van der Waals surface area contributed by atoms with E-state index in [2.05, 4.69) is 45.1 Å². The highest BCUT2D eigenvalue weighted by Gasteiger charge is 2.22. The van der Waals surface area contributed by atoms with Gasteiger partial charge in [0, 0.05) is 4.88 Å². The highest BCUT2D eigenvalue weighted by Crippen LogP contribution is 2.34. The van der Waals surface area contributed by atoms with E-state index in [1.54, 1.807) is 18.4 Å². The van der Waals surface area contributed by atoms with Gasteiger partial charge in [0.2, 0.25) is 0 Å². The maximum Gasteiger partial charge on any atom is 0.265 e. The predicted molar refractivity (Wildman–Crippen MR) is 105 cm³/mol. The van der Waals surface area contributed by atoms with Crippen LogP contribution in [0.4, 0.5) is 5.69 Å². The lowest BCUT2D eigenvalue weighted by Gasteiger charge is -2.21. The van der Waals surface area contributed by atoms with Gasteiger partial charge in [-0.2, -0.15) is 0 Å². The van der Waals surface area contributed by atoms with Gasteiger partial charge in [0.15, 0.2) is 0 Å². The second kappa shape index (κ2) is 6.83. The van der Waals surface area contributed by atoms with Crippen molar-refractivity contribution in [1.82, 2.24) is 0 Å². The Hall–Kier alpha value is -1.81. The van der Waals surface area contributed by atoms with Gasteiger partial charge in [-0.1, -0.05) is 33.8 Å². The number of nitrogens with one attached hydrogen (secondary N) is 1. The predicted octanol–water partition coefficient (Wildman–Crippen LogP) is 5.43. The van der Waals surface area contributed by atoms with Crippen LogP contribution < -0.4 is 10.1 Å². The average molecular weight is 358 g/mol. The van der Waals surface area contributed by atoms with Crippen LogP contribution in [0.25, 0.3) is 0 Å². The van der Waals surface area contributed by atoms with Gasteiger partial charge in [0.05, 0.1) is 17.7 Å². The van der Waals surface area contributed by atoms with E-state index >= 15 is 0 Å². The zero-order chi connectivity index (χ0) is 18.2. The van der Waals surface area contributed by atoms with Crippen LogP contribution in [0.5, 0.6) is 5.75 Å². The summed E-state index contributed by atoms with van der Waals surface area (Å²) in [5, 5.41) is 3.06. The number of hydrogen-bond acceptors (Lipinski definition) is 3. The smallest absolute Gasteiger partial charge is 0.265 e. The fraction of sp³-hybridized carbons (Fsp3) is 0.476. The number of rotatable bonds is 3. The number of carbonyl (C=O) groups is 1. The second-order valence-corrected chi connectivity index (χ2v) is 9.16. The molecule has 0 saturated heterocycles. The first-order valence-electron chi connectivity index (χ1n) is 8.89. The van der Waals surface area contributed by atoms with E-state index < -0.39 is 0 Å². The summed E-state index contributed by atoms with van der Waals surface area (Å²) in [6.07, 6.45) is 3.40. The second-order valence-electron chi connectivity index (χ2n) is 8.03. The summed E-state index contributed by atoms with van der Waals surface area (Å²) in [6.45, 7) is 8.77. The molecule has 134 valence electrons. The van der Waals surface area contributed by atoms with Crippen molar-refractivity contribution < 1.29 is 9.53 Å². The first kappa shape index (κ1) is 18.0. The molecule has 25 heavy (non-hydrogen) atoms. The number of thiophene rings is 1. The third-order valence-electron chi connectivity index (χ3n) is 4.87. The van der Waals surface area contributed by atoms with Gasteiger partial charge in [-0.15, -0.1) is 11.3 Å². The molecule has 4 heteroatoms. The Bertz CT molecular complexity index is 786. The van der Waals surface area contributed by atoms with Gasteiger partial charge >= 0.3 is 0 Å². The van der Waals surface area contributed by atoms with E-state index in [-0.39, 0.29) is 11.3 Å². The van der Waals surface area contributed by atoms with Crippen LogP contribution in [0.3, 0.4) is 0 Å². The maximum atomic E-state index is 12.8. The van der Waals surface area contributed by atoms with Gasteiger partial charge in [0.1, 0.15) is 5.75 Å². The fourth-order valence-electron chi connectivity index (χ4n) is 3.27. The summed E-state index contributed by atoms with van der Waals surface area (Å²) < 4.78 is 5.43. The fourth-order valence-corrected chi connectivity index (χ4v) is 4.38. The van der Waals surface area contributed by atoms with E-state index in [9.17, 15) is 4.79 Å². The minimum absolute atomic E-state index is 0.0178. The summed E-state index contributed by atoms with van der Waals surface area (Å²) in [5.41, 5.74) is 3.27. The molecule has 3 rings (SSSR count). The molecule has 0 bridgehead atoms. The zero-order valence-electron chi connectivity index (χ0n) is 15.7. The van der Waals surface area contributed by atoms with Crippen LogP contribution in [-0.4, -0.2) is 13.0 Å². The number of aryl methyl sites for hydroxylation is 1. The standard InChI is InChI=1S/C21H27NO2S/c1-13-6-9-18-14(10-13)11-19(25-18)20(23)22-16-12-15(21(2,3)4)7-8-17(16)24-5/h7-8,11-13H,6,9-10H2,1-5H3,(H,22,23)/t13-/m0/s1. The highest BCUT2D eigenvalue weighted by atomic mass is 32.1. The molecular formula is C21H27NO2S. The Labute approximate surface area is 154 Å². The molecule has 1 aromatic carbocycles. The quantitative estimate of drug-likeness (QED) is 0.795. The molecule has 0 aliphatic heterocycles. The Kier molecular flexibility index (Phi) is 4.92. The van der Waals surface area contributed by atoms with Gasteiger partial charge in [0.25, 0.3) is 5.91 Å².